The number of amides is 1. The molecule has 2 aromatic heterocycles. The highest BCUT2D eigenvalue weighted by Crippen LogP contribution is 2.25. The molecule has 2 atom stereocenters. The summed E-state index contributed by atoms with van der Waals surface area (Å²) in [6, 6.07) is 22.5. The maximum atomic E-state index is 13.3. The van der Waals surface area contributed by atoms with Crippen LogP contribution in [0, 0.1) is 25.2 Å². The van der Waals surface area contributed by atoms with Crippen molar-refractivity contribution in [1.29, 1.82) is 5.26 Å². The molecule has 0 bridgehead atoms. The third kappa shape index (κ3) is 5.62. The summed E-state index contributed by atoms with van der Waals surface area (Å²) in [5.74, 6) is 0.458. The van der Waals surface area contributed by atoms with Gasteiger partial charge in [-0.15, -0.1) is 0 Å². The van der Waals surface area contributed by atoms with Gasteiger partial charge in [-0.3, -0.25) is 9.89 Å². The third-order valence-corrected chi connectivity index (χ3v) is 6.06. The first-order valence-electron chi connectivity index (χ1n) is 11.5. The van der Waals surface area contributed by atoms with Gasteiger partial charge in [0.1, 0.15) is 11.9 Å². The van der Waals surface area contributed by atoms with E-state index in [1.807, 2.05) is 74.5 Å². The number of pyridine rings is 1. The van der Waals surface area contributed by atoms with Gasteiger partial charge in [0, 0.05) is 29.6 Å². The molecule has 0 saturated heterocycles. The van der Waals surface area contributed by atoms with Crippen LogP contribution in [0.5, 0.6) is 0 Å². The van der Waals surface area contributed by atoms with Gasteiger partial charge < -0.3 is 10.6 Å². The highest BCUT2D eigenvalue weighted by atomic mass is 16.2. The van der Waals surface area contributed by atoms with E-state index in [0.717, 1.165) is 33.6 Å². The van der Waals surface area contributed by atoms with Crippen molar-refractivity contribution in [2.45, 2.75) is 32.7 Å². The Morgan fingerprint density at radius 2 is 1.77 bits per heavy atom. The first kappa shape index (κ1) is 23.9. The zero-order valence-corrected chi connectivity index (χ0v) is 20.0. The van der Waals surface area contributed by atoms with E-state index in [1.165, 1.54) is 0 Å². The van der Waals surface area contributed by atoms with Crippen LogP contribution in [0.15, 0.2) is 72.9 Å². The van der Waals surface area contributed by atoms with Gasteiger partial charge in [-0.1, -0.05) is 49.4 Å². The predicted molar refractivity (Wildman–Crippen MR) is 137 cm³/mol. The largest absolute Gasteiger partial charge is 0.309 e. The van der Waals surface area contributed by atoms with Gasteiger partial charge in [0.05, 0.1) is 17.3 Å². The van der Waals surface area contributed by atoms with Crippen LogP contribution in [-0.2, 0) is 4.79 Å². The number of nitriles is 1. The molecule has 0 aliphatic rings. The van der Waals surface area contributed by atoms with Crippen LogP contribution in [0.3, 0.4) is 0 Å². The molecule has 0 spiro atoms. The van der Waals surface area contributed by atoms with Crippen LogP contribution in [0.4, 0.5) is 5.82 Å². The summed E-state index contributed by atoms with van der Waals surface area (Å²) in [6.45, 7) is 6.60. The van der Waals surface area contributed by atoms with Crippen molar-refractivity contribution in [1.82, 2.24) is 20.5 Å². The van der Waals surface area contributed by atoms with Gasteiger partial charge in [0.15, 0.2) is 0 Å². The summed E-state index contributed by atoms with van der Waals surface area (Å²) < 4.78 is 0. The molecule has 0 saturated carbocycles. The van der Waals surface area contributed by atoms with Crippen LogP contribution < -0.4 is 10.6 Å². The van der Waals surface area contributed by atoms with Gasteiger partial charge >= 0.3 is 0 Å². The van der Waals surface area contributed by atoms with E-state index >= 15 is 0 Å². The second-order valence-corrected chi connectivity index (χ2v) is 8.62. The van der Waals surface area contributed by atoms with Crippen LogP contribution in [0.1, 0.15) is 47.0 Å². The number of nitrogens with zero attached hydrogens (tertiary/aromatic N) is 3. The molecular weight excluding hydrogens is 436 g/mol. The summed E-state index contributed by atoms with van der Waals surface area (Å²) in [5, 5.41) is 22.6. The zero-order chi connectivity index (χ0) is 24.8. The summed E-state index contributed by atoms with van der Waals surface area (Å²) in [6.07, 6.45) is 1.75. The van der Waals surface area contributed by atoms with Crippen LogP contribution in [0.2, 0.25) is 0 Å². The van der Waals surface area contributed by atoms with Gasteiger partial charge in [0.2, 0.25) is 5.91 Å². The number of anilines is 1. The molecule has 7 nitrogen and oxygen atoms in total. The molecule has 1 amide bonds. The average molecular weight is 465 g/mol. The molecule has 176 valence electrons. The van der Waals surface area contributed by atoms with Gasteiger partial charge in [-0.25, -0.2) is 4.98 Å². The zero-order valence-electron chi connectivity index (χ0n) is 20.0. The third-order valence-electron chi connectivity index (χ3n) is 6.06. The molecule has 2 aromatic carbocycles. The normalized spacial score (nSPS) is 12.5. The van der Waals surface area contributed by atoms with Crippen LogP contribution in [0.25, 0.3) is 11.1 Å². The highest BCUT2D eigenvalue weighted by Gasteiger charge is 2.22. The Morgan fingerprint density at radius 3 is 2.37 bits per heavy atom. The molecule has 0 aliphatic heterocycles. The fourth-order valence-electron chi connectivity index (χ4n) is 4.10. The molecule has 35 heavy (non-hydrogen) atoms. The Morgan fingerprint density at radius 1 is 1.03 bits per heavy atom. The fourth-order valence-corrected chi connectivity index (χ4v) is 4.10. The van der Waals surface area contributed by atoms with E-state index in [2.05, 4.69) is 38.8 Å². The van der Waals surface area contributed by atoms with E-state index in [4.69, 9.17) is 5.26 Å². The lowest BCUT2D eigenvalue weighted by Gasteiger charge is -2.21. The standard InChI is InChI=1S/C28H28N6O/c1-18(22-11-9-21(15-29)10-12-22)16-31-27(23-7-5-4-6-8-23)28(35)32-25-14-13-24(17-30-25)26-19(2)33-34-20(26)3/h4-14,17-18,27,31H,16H2,1-3H3,(H,33,34)(H,30,32,35)/t18?,27-/m0/s1. The van der Waals surface area contributed by atoms with Crippen molar-refractivity contribution in [2.75, 3.05) is 11.9 Å². The van der Waals surface area contributed by atoms with E-state index in [0.29, 0.717) is 17.9 Å². The van der Waals surface area contributed by atoms with E-state index in [1.54, 1.807) is 12.3 Å². The van der Waals surface area contributed by atoms with E-state index in [9.17, 15) is 4.79 Å². The minimum atomic E-state index is -0.545. The maximum absolute atomic E-state index is 13.3. The van der Waals surface area contributed by atoms with Gasteiger partial charge in [0.25, 0.3) is 0 Å². The number of aromatic amines is 1. The van der Waals surface area contributed by atoms with Crippen LogP contribution in [-0.4, -0.2) is 27.6 Å². The average Bonchev–Trinajstić information content (AvgIpc) is 3.23. The molecule has 4 aromatic rings. The van der Waals surface area contributed by atoms with E-state index < -0.39 is 6.04 Å². The lowest BCUT2D eigenvalue weighted by Crippen LogP contribution is -2.35. The number of hydrogen-bond acceptors (Lipinski definition) is 5. The topological polar surface area (TPSA) is 106 Å². The number of rotatable bonds is 8. The second-order valence-electron chi connectivity index (χ2n) is 8.62. The quantitative estimate of drug-likeness (QED) is 0.339. The number of aromatic nitrogens is 3. The second kappa shape index (κ2) is 10.8. The van der Waals surface area contributed by atoms with Crippen molar-refractivity contribution in [2.24, 2.45) is 0 Å². The lowest BCUT2D eigenvalue weighted by atomic mass is 9.98. The molecule has 7 heteroatoms. The lowest BCUT2D eigenvalue weighted by molar-refractivity contribution is -0.118. The number of aryl methyl sites for hydroxylation is 2. The molecule has 1 unspecified atom stereocenters. The predicted octanol–water partition coefficient (Wildman–Crippen LogP) is 5.03. The Balaban J connectivity index is 1.47. The summed E-state index contributed by atoms with van der Waals surface area (Å²) in [5.41, 5.74) is 6.46. The molecule has 4 rings (SSSR count). The maximum Gasteiger partial charge on any atom is 0.247 e. The monoisotopic (exact) mass is 464 g/mol. The summed E-state index contributed by atoms with van der Waals surface area (Å²) >= 11 is 0. The molecule has 2 heterocycles. The van der Waals surface area contributed by atoms with Crippen LogP contribution >= 0.6 is 0 Å². The minimum Gasteiger partial charge on any atom is -0.309 e. The number of H-pyrrole nitrogens is 1. The van der Waals surface area contributed by atoms with Crippen molar-refractivity contribution in [3.63, 3.8) is 0 Å². The minimum absolute atomic E-state index is 0.153. The first-order chi connectivity index (χ1) is 17.0. The number of carbonyl (C=O) groups excluding carboxylic acids is 1. The van der Waals surface area contributed by atoms with Crippen molar-refractivity contribution >= 4 is 11.7 Å². The van der Waals surface area contributed by atoms with Gasteiger partial charge in [-0.2, -0.15) is 10.4 Å². The molecular formula is C28H28N6O. The molecule has 0 aliphatic carbocycles. The van der Waals surface area contributed by atoms with Crippen molar-refractivity contribution in [3.8, 4) is 17.2 Å². The Kier molecular flexibility index (Phi) is 7.34. The first-order valence-corrected chi connectivity index (χ1v) is 11.5. The Bertz CT molecular complexity index is 1300. The van der Waals surface area contributed by atoms with Gasteiger partial charge in [-0.05, 0) is 55.2 Å². The molecule has 0 radical (unpaired) electrons. The fraction of sp³-hybridized carbons (Fsp3) is 0.214. The molecule has 0 fully saturated rings. The Labute approximate surface area is 205 Å². The SMILES string of the molecule is Cc1n[nH]c(C)c1-c1ccc(NC(=O)[C@@H](NCC(C)c2ccc(C#N)cc2)c2ccccc2)nc1. The smallest absolute Gasteiger partial charge is 0.247 e. The van der Waals surface area contributed by atoms with Crippen molar-refractivity contribution < 1.29 is 4.79 Å². The number of nitrogens with one attached hydrogen (secondary N) is 3. The summed E-state index contributed by atoms with van der Waals surface area (Å²) in [4.78, 5) is 17.8. The summed E-state index contributed by atoms with van der Waals surface area (Å²) in [7, 11) is 0. The van der Waals surface area contributed by atoms with Crippen molar-refractivity contribution in [3.05, 3.63) is 101 Å². The number of carbonyl (C=O) groups is 1. The molecule has 3 N–H and O–H groups in total. The Hall–Kier alpha value is -4.28. The highest BCUT2D eigenvalue weighted by molar-refractivity contribution is 5.95. The number of benzene rings is 2. The number of hydrogen-bond donors (Lipinski definition) is 3. The van der Waals surface area contributed by atoms with E-state index in [-0.39, 0.29) is 11.8 Å².